The first-order valence-electron chi connectivity index (χ1n) is 5.65. The highest BCUT2D eigenvalue weighted by Gasteiger charge is 2.52. The van der Waals surface area contributed by atoms with Crippen molar-refractivity contribution >= 4 is 29.2 Å². The summed E-state index contributed by atoms with van der Waals surface area (Å²) in [5.41, 5.74) is -0.789. The zero-order valence-corrected chi connectivity index (χ0v) is 11.0. The topological polar surface area (TPSA) is 46.5 Å². The molecule has 1 heterocycles. The Morgan fingerprint density at radius 3 is 2.53 bits per heavy atom. The smallest absolute Gasteiger partial charge is 0.419 e. The van der Waals surface area contributed by atoms with E-state index in [1.54, 1.807) is 0 Å². The van der Waals surface area contributed by atoms with Crippen molar-refractivity contribution in [1.29, 1.82) is 0 Å². The molecule has 19 heavy (non-hydrogen) atoms. The number of carboxylic acids is 1. The highest BCUT2D eigenvalue weighted by atomic mass is 35.5. The van der Waals surface area contributed by atoms with Gasteiger partial charge in [-0.25, -0.2) is 4.79 Å². The van der Waals surface area contributed by atoms with E-state index in [4.69, 9.17) is 33.0 Å². The number of carboxylic acid groups (broad SMARTS) is 1. The molecule has 0 spiro atoms. The predicted octanol–water partition coefficient (Wildman–Crippen LogP) is 2.95. The van der Waals surface area contributed by atoms with Gasteiger partial charge in [-0.05, 0) is 12.8 Å². The van der Waals surface area contributed by atoms with Crippen molar-refractivity contribution < 1.29 is 27.8 Å². The molecule has 1 fully saturated rings. The van der Waals surface area contributed by atoms with Gasteiger partial charge < -0.3 is 9.84 Å². The average molecular weight is 319 g/mol. The molecule has 5 atom stereocenters. The molecule has 0 amide bonds. The van der Waals surface area contributed by atoms with E-state index in [1.807, 2.05) is 0 Å². The van der Waals surface area contributed by atoms with Gasteiger partial charge in [0.2, 0.25) is 0 Å². The SMILES string of the molecule is O=C(O)C1=CC2CC(Cl)CC(Cl)C2OC1C(F)(F)F. The molecule has 1 saturated carbocycles. The van der Waals surface area contributed by atoms with Crippen molar-refractivity contribution in [3.05, 3.63) is 11.6 Å². The van der Waals surface area contributed by atoms with Crippen molar-refractivity contribution in [2.75, 3.05) is 0 Å². The number of halogens is 5. The van der Waals surface area contributed by atoms with Gasteiger partial charge in [0, 0.05) is 11.3 Å². The van der Waals surface area contributed by atoms with Gasteiger partial charge in [0.1, 0.15) is 0 Å². The fourth-order valence-corrected chi connectivity index (χ4v) is 3.46. The molecule has 108 valence electrons. The second-order valence-electron chi connectivity index (χ2n) is 4.70. The van der Waals surface area contributed by atoms with Gasteiger partial charge in [0.15, 0.2) is 6.10 Å². The number of aliphatic carboxylic acids is 1. The maximum Gasteiger partial charge on any atom is 0.419 e. The molecule has 0 aromatic carbocycles. The Morgan fingerprint density at radius 2 is 2.00 bits per heavy atom. The number of ether oxygens (including phenoxy) is 1. The summed E-state index contributed by atoms with van der Waals surface area (Å²) in [7, 11) is 0. The first-order chi connectivity index (χ1) is 8.70. The minimum absolute atomic E-state index is 0.291. The van der Waals surface area contributed by atoms with Crippen molar-refractivity contribution in [2.45, 2.75) is 42.0 Å². The van der Waals surface area contributed by atoms with E-state index in [9.17, 15) is 18.0 Å². The van der Waals surface area contributed by atoms with Gasteiger partial charge in [-0.2, -0.15) is 13.2 Å². The normalized spacial score (nSPS) is 39.4. The lowest BCUT2D eigenvalue weighted by atomic mass is 9.81. The first kappa shape index (κ1) is 14.9. The van der Waals surface area contributed by atoms with E-state index >= 15 is 0 Å². The van der Waals surface area contributed by atoms with Gasteiger partial charge in [-0.3, -0.25) is 0 Å². The van der Waals surface area contributed by atoms with Crippen molar-refractivity contribution in [2.24, 2.45) is 5.92 Å². The Morgan fingerprint density at radius 1 is 1.37 bits per heavy atom. The van der Waals surface area contributed by atoms with Crippen molar-refractivity contribution in [3.63, 3.8) is 0 Å². The number of hydrogen-bond acceptors (Lipinski definition) is 2. The van der Waals surface area contributed by atoms with Crippen LogP contribution in [-0.4, -0.2) is 40.2 Å². The number of carbonyl (C=O) groups is 1. The molecule has 2 aliphatic rings. The molecule has 0 bridgehead atoms. The van der Waals surface area contributed by atoms with Crippen LogP contribution in [0.5, 0.6) is 0 Å². The molecule has 8 heteroatoms. The molecule has 0 aromatic rings. The summed E-state index contributed by atoms with van der Waals surface area (Å²) in [6, 6.07) is 0. The minimum Gasteiger partial charge on any atom is -0.478 e. The number of hydrogen-bond donors (Lipinski definition) is 1. The number of fused-ring (bicyclic) bond motifs is 1. The third-order valence-corrected chi connectivity index (χ3v) is 4.08. The van der Waals surface area contributed by atoms with Crippen LogP contribution in [-0.2, 0) is 9.53 Å². The van der Waals surface area contributed by atoms with Gasteiger partial charge in [-0.1, -0.05) is 6.08 Å². The lowest BCUT2D eigenvalue weighted by Gasteiger charge is -2.41. The van der Waals surface area contributed by atoms with Crippen molar-refractivity contribution in [1.82, 2.24) is 0 Å². The number of rotatable bonds is 1. The number of alkyl halides is 5. The Bertz CT molecular complexity index is 410. The molecule has 1 N–H and O–H groups in total. The van der Waals surface area contributed by atoms with Gasteiger partial charge in [0.05, 0.1) is 17.1 Å². The van der Waals surface area contributed by atoms with Gasteiger partial charge in [-0.15, -0.1) is 23.2 Å². The summed E-state index contributed by atoms with van der Waals surface area (Å²) in [5, 5.41) is 7.93. The van der Waals surface area contributed by atoms with Crippen LogP contribution in [0, 0.1) is 5.92 Å². The van der Waals surface area contributed by atoms with Gasteiger partial charge >= 0.3 is 12.1 Å². The molecule has 1 aliphatic carbocycles. The predicted molar refractivity (Wildman–Crippen MR) is 62.4 cm³/mol. The van der Waals surface area contributed by atoms with E-state index in [-0.39, 0.29) is 5.38 Å². The Hall–Kier alpha value is -0.460. The fourth-order valence-electron chi connectivity index (χ4n) is 2.51. The standard InChI is InChI=1S/C11H11Cl2F3O3/c12-5-1-4-2-6(10(17)18)9(11(14,15)16)19-8(4)7(13)3-5/h2,4-5,7-9H,1,3H2,(H,17,18). The zero-order valence-electron chi connectivity index (χ0n) is 9.53. The van der Waals surface area contributed by atoms with E-state index in [0.29, 0.717) is 12.8 Å². The molecular weight excluding hydrogens is 308 g/mol. The van der Waals surface area contributed by atoms with E-state index in [1.165, 1.54) is 0 Å². The Balaban J connectivity index is 2.34. The molecular formula is C11H11Cl2F3O3. The average Bonchev–Trinajstić information content (AvgIpc) is 2.25. The summed E-state index contributed by atoms with van der Waals surface area (Å²) in [6.07, 6.45) is -6.27. The van der Waals surface area contributed by atoms with Crippen LogP contribution in [0.3, 0.4) is 0 Å². The van der Waals surface area contributed by atoms with Crippen LogP contribution < -0.4 is 0 Å². The second kappa shape index (κ2) is 5.14. The Labute approximate surface area is 117 Å². The summed E-state index contributed by atoms with van der Waals surface area (Å²) in [4.78, 5) is 10.9. The lowest BCUT2D eigenvalue weighted by Crippen LogP contribution is -2.50. The molecule has 1 aliphatic heterocycles. The molecule has 2 rings (SSSR count). The Kier molecular flexibility index (Phi) is 4.05. The van der Waals surface area contributed by atoms with Gasteiger partial charge in [0.25, 0.3) is 0 Å². The molecule has 3 nitrogen and oxygen atoms in total. The maximum absolute atomic E-state index is 12.8. The summed E-state index contributed by atoms with van der Waals surface area (Å²) >= 11 is 11.9. The zero-order chi connectivity index (χ0) is 14.4. The van der Waals surface area contributed by atoms with E-state index in [0.717, 1.165) is 6.08 Å². The molecule has 0 aromatic heterocycles. The van der Waals surface area contributed by atoms with Crippen LogP contribution in [0.2, 0.25) is 0 Å². The molecule has 0 saturated heterocycles. The molecule has 5 unspecified atom stereocenters. The van der Waals surface area contributed by atoms with Crippen LogP contribution >= 0.6 is 23.2 Å². The summed E-state index contributed by atoms with van der Waals surface area (Å²) < 4.78 is 43.4. The van der Waals surface area contributed by atoms with Crippen LogP contribution in [0.15, 0.2) is 11.6 Å². The highest BCUT2D eigenvalue weighted by Crippen LogP contribution is 2.42. The minimum atomic E-state index is -4.77. The van der Waals surface area contributed by atoms with Crippen LogP contribution in [0.25, 0.3) is 0 Å². The monoisotopic (exact) mass is 318 g/mol. The largest absolute Gasteiger partial charge is 0.478 e. The van der Waals surface area contributed by atoms with Crippen molar-refractivity contribution in [3.8, 4) is 0 Å². The molecule has 0 radical (unpaired) electrons. The fraction of sp³-hybridized carbons (Fsp3) is 0.727. The quantitative estimate of drug-likeness (QED) is 0.756. The van der Waals surface area contributed by atoms with Crippen LogP contribution in [0.4, 0.5) is 13.2 Å². The third-order valence-electron chi connectivity index (χ3n) is 3.30. The lowest BCUT2D eigenvalue weighted by molar-refractivity contribution is -0.231. The van der Waals surface area contributed by atoms with Crippen LogP contribution in [0.1, 0.15) is 12.8 Å². The first-order valence-corrected chi connectivity index (χ1v) is 6.52. The van der Waals surface area contributed by atoms with E-state index < -0.39 is 41.2 Å². The second-order valence-corrected chi connectivity index (χ2v) is 5.88. The third kappa shape index (κ3) is 3.01. The highest BCUT2D eigenvalue weighted by molar-refractivity contribution is 6.24. The van der Waals surface area contributed by atoms with E-state index in [2.05, 4.69) is 0 Å². The summed E-state index contributed by atoms with van der Waals surface area (Å²) in [5.74, 6) is -2.13. The maximum atomic E-state index is 12.8. The summed E-state index contributed by atoms with van der Waals surface area (Å²) in [6.45, 7) is 0.